The van der Waals surface area contributed by atoms with Crippen molar-refractivity contribution in [1.82, 2.24) is 16.0 Å². The van der Waals surface area contributed by atoms with Crippen molar-refractivity contribution in [2.24, 2.45) is 17.6 Å². The summed E-state index contributed by atoms with van der Waals surface area (Å²) in [4.78, 5) is 58.7. The van der Waals surface area contributed by atoms with Gasteiger partial charge in [-0.15, -0.1) is 0 Å². The molecule has 0 aromatic heterocycles. The van der Waals surface area contributed by atoms with E-state index in [1.54, 1.807) is 13.8 Å². The topological polar surface area (TPSA) is 188 Å². The van der Waals surface area contributed by atoms with E-state index in [9.17, 15) is 29.1 Å². The van der Waals surface area contributed by atoms with Gasteiger partial charge < -0.3 is 31.9 Å². The van der Waals surface area contributed by atoms with Crippen LogP contribution in [0.25, 0.3) is 0 Å². The van der Waals surface area contributed by atoms with Gasteiger partial charge in [-0.25, -0.2) is 4.79 Å². The molecule has 0 aliphatic heterocycles. The third kappa shape index (κ3) is 12.0. The van der Waals surface area contributed by atoms with Gasteiger partial charge in [0.15, 0.2) is 0 Å². The van der Waals surface area contributed by atoms with Crippen LogP contribution in [0.1, 0.15) is 53.4 Å². The van der Waals surface area contributed by atoms with E-state index in [0.29, 0.717) is 6.42 Å². The zero-order chi connectivity index (χ0) is 23.4. The Labute approximate surface area is 176 Å². The number of nitrogens with one attached hydrogen (secondary N) is 3. The van der Waals surface area contributed by atoms with Crippen LogP contribution >= 0.6 is 0 Å². The molecule has 30 heavy (non-hydrogen) atoms. The molecule has 11 heteroatoms. The minimum absolute atomic E-state index is 0.0104. The predicted molar refractivity (Wildman–Crippen MR) is 108 cm³/mol. The lowest BCUT2D eigenvalue weighted by Crippen LogP contribution is -2.54. The molecule has 3 atom stereocenters. The van der Waals surface area contributed by atoms with Crippen LogP contribution < -0.4 is 21.7 Å². The number of hydrogen-bond donors (Lipinski definition) is 6. The molecule has 0 saturated heterocycles. The summed E-state index contributed by atoms with van der Waals surface area (Å²) in [5.74, 6) is -4.27. The van der Waals surface area contributed by atoms with Gasteiger partial charge in [0.2, 0.25) is 17.7 Å². The van der Waals surface area contributed by atoms with Crippen molar-refractivity contribution in [2.75, 3.05) is 6.54 Å². The smallest absolute Gasteiger partial charge is 0.326 e. The van der Waals surface area contributed by atoms with Crippen LogP contribution in [0.4, 0.5) is 0 Å². The average molecular weight is 431 g/mol. The highest BCUT2D eigenvalue weighted by Gasteiger charge is 2.27. The molecule has 0 aromatic rings. The van der Waals surface area contributed by atoms with Crippen molar-refractivity contribution in [3.8, 4) is 0 Å². The van der Waals surface area contributed by atoms with Gasteiger partial charge in [0.1, 0.15) is 12.1 Å². The van der Waals surface area contributed by atoms with E-state index in [1.165, 1.54) is 0 Å². The molecule has 3 amide bonds. The van der Waals surface area contributed by atoms with Gasteiger partial charge in [-0.1, -0.05) is 27.7 Å². The molecule has 0 fully saturated rings. The number of carbonyl (C=O) groups excluding carboxylic acids is 3. The second-order valence-electron chi connectivity index (χ2n) is 8.04. The highest BCUT2D eigenvalue weighted by atomic mass is 16.4. The zero-order valence-electron chi connectivity index (χ0n) is 17.9. The van der Waals surface area contributed by atoms with Crippen LogP contribution in [0, 0.1) is 11.8 Å². The molecule has 0 heterocycles. The Hall–Kier alpha value is -2.69. The normalized spacial score (nSPS) is 14.0. The molecule has 7 N–H and O–H groups in total. The van der Waals surface area contributed by atoms with Crippen LogP contribution in [-0.4, -0.2) is 64.5 Å². The number of nitrogens with two attached hydrogens (primary N) is 1. The number of carbonyl (C=O) groups is 5. The molecule has 3 unspecified atom stereocenters. The van der Waals surface area contributed by atoms with Crippen LogP contribution in [-0.2, 0) is 24.0 Å². The minimum Gasteiger partial charge on any atom is -0.481 e. The molecule has 0 aliphatic rings. The Morgan fingerprint density at radius 1 is 0.833 bits per heavy atom. The van der Waals surface area contributed by atoms with Gasteiger partial charge in [0.05, 0.1) is 12.6 Å². The summed E-state index contributed by atoms with van der Waals surface area (Å²) in [5, 5.41) is 25.2. The first-order chi connectivity index (χ1) is 13.8. The number of hydrogen-bond acceptors (Lipinski definition) is 6. The standard InChI is InChI=1S/C19H34N4O7/c1-10(2)7-12(20)17(27)21-9-15(24)22-13(5-6-16(25)26)18(28)23-14(19(29)30)8-11(3)4/h10-14H,5-9,20H2,1-4H3,(H,21,27)(H,22,24)(H,23,28)(H,25,26)(H,29,30). The van der Waals surface area contributed by atoms with Crippen LogP contribution in [0.3, 0.4) is 0 Å². The number of amides is 3. The highest BCUT2D eigenvalue weighted by Crippen LogP contribution is 2.07. The van der Waals surface area contributed by atoms with E-state index in [4.69, 9.17) is 10.8 Å². The minimum atomic E-state index is -1.26. The van der Waals surface area contributed by atoms with Gasteiger partial charge in [-0.3, -0.25) is 19.2 Å². The van der Waals surface area contributed by atoms with E-state index in [-0.39, 0.29) is 24.7 Å². The third-order valence-electron chi connectivity index (χ3n) is 4.11. The van der Waals surface area contributed by atoms with Crippen molar-refractivity contribution >= 4 is 29.7 Å². The molecular weight excluding hydrogens is 396 g/mol. The molecule has 0 aliphatic carbocycles. The van der Waals surface area contributed by atoms with Gasteiger partial charge in [-0.05, 0) is 31.1 Å². The largest absolute Gasteiger partial charge is 0.481 e. The van der Waals surface area contributed by atoms with E-state index in [1.807, 2.05) is 13.8 Å². The van der Waals surface area contributed by atoms with Crippen LogP contribution in [0.15, 0.2) is 0 Å². The maximum atomic E-state index is 12.5. The molecule has 0 bridgehead atoms. The molecular formula is C19H34N4O7. The predicted octanol–water partition coefficient (Wildman–Crippen LogP) is -0.559. The van der Waals surface area contributed by atoms with Crippen LogP contribution in [0.2, 0.25) is 0 Å². The second kappa shape index (κ2) is 13.5. The van der Waals surface area contributed by atoms with Crippen molar-refractivity contribution in [1.29, 1.82) is 0 Å². The Morgan fingerprint density at radius 3 is 1.87 bits per heavy atom. The molecule has 172 valence electrons. The maximum absolute atomic E-state index is 12.5. The first-order valence-electron chi connectivity index (χ1n) is 9.91. The average Bonchev–Trinajstić information content (AvgIpc) is 2.61. The lowest BCUT2D eigenvalue weighted by molar-refractivity contribution is -0.143. The summed E-state index contributed by atoms with van der Waals surface area (Å²) in [5.41, 5.74) is 5.73. The summed E-state index contributed by atoms with van der Waals surface area (Å²) in [7, 11) is 0. The SMILES string of the molecule is CC(C)CC(N)C(=O)NCC(=O)NC(CCC(=O)O)C(=O)NC(CC(C)C)C(=O)O. The Balaban J connectivity index is 4.96. The van der Waals surface area contributed by atoms with Crippen molar-refractivity contribution in [2.45, 2.75) is 71.5 Å². The number of carboxylic acids is 2. The molecule has 0 rings (SSSR count). The molecule has 0 saturated carbocycles. The van der Waals surface area contributed by atoms with Crippen molar-refractivity contribution < 1.29 is 34.2 Å². The Kier molecular flexibility index (Phi) is 12.3. The first-order valence-corrected chi connectivity index (χ1v) is 9.91. The number of aliphatic carboxylic acids is 2. The monoisotopic (exact) mass is 430 g/mol. The summed E-state index contributed by atoms with van der Waals surface area (Å²) in [6.45, 7) is 6.93. The van der Waals surface area contributed by atoms with Gasteiger partial charge in [0.25, 0.3) is 0 Å². The quantitative estimate of drug-likeness (QED) is 0.211. The Bertz CT molecular complexity index is 622. The molecule has 0 radical (unpaired) electrons. The van der Waals surface area contributed by atoms with Gasteiger partial charge in [-0.2, -0.15) is 0 Å². The van der Waals surface area contributed by atoms with Gasteiger partial charge in [0, 0.05) is 6.42 Å². The fraction of sp³-hybridized carbons (Fsp3) is 0.737. The van der Waals surface area contributed by atoms with Crippen LogP contribution in [0.5, 0.6) is 0 Å². The summed E-state index contributed by atoms with van der Waals surface area (Å²) in [6, 6.07) is -3.21. The van der Waals surface area contributed by atoms with Gasteiger partial charge >= 0.3 is 11.9 Å². The second-order valence-corrected chi connectivity index (χ2v) is 8.04. The molecule has 0 aromatic carbocycles. The first kappa shape index (κ1) is 27.3. The van der Waals surface area contributed by atoms with E-state index in [0.717, 1.165) is 0 Å². The Morgan fingerprint density at radius 2 is 1.40 bits per heavy atom. The lowest BCUT2D eigenvalue weighted by Gasteiger charge is -2.22. The molecule has 11 nitrogen and oxygen atoms in total. The highest BCUT2D eigenvalue weighted by molar-refractivity contribution is 5.92. The van der Waals surface area contributed by atoms with Crippen molar-refractivity contribution in [3.63, 3.8) is 0 Å². The lowest BCUT2D eigenvalue weighted by atomic mass is 10.0. The summed E-state index contributed by atoms with van der Waals surface area (Å²) < 4.78 is 0. The zero-order valence-corrected chi connectivity index (χ0v) is 17.9. The summed E-state index contributed by atoms with van der Waals surface area (Å²) in [6.07, 6.45) is -0.0400. The van der Waals surface area contributed by atoms with Crippen molar-refractivity contribution in [3.05, 3.63) is 0 Å². The van der Waals surface area contributed by atoms with E-state index < -0.39 is 60.8 Å². The number of carboxylic acid groups (broad SMARTS) is 2. The third-order valence-corrected chi connectivity index (χ3v) is 4.11. The number of rotatable bonds is 14. The van der Waals surface area contributed by atoms with E-state index >= 15 is 0 Å². The molecule has 0 spiro atoms. The summed E-state index contributed by atoms with van der Waals surface area (Å²) >= 11 is 0. The van der Waals surface area contributed by atoms with E-state index in [2.05, 4.69) is 16.0 Å². The fourth-order valence-electron chi connectivity index (χ4n) is 2.66. The maximum Gasteiger partial charge on any atom is 0.326 e. The fourth-order valence-corrected chi connectivity index (χ4v) is 2.66.